The minimum Gasteiger partial charge on any atom is -0.375 e. The molecule has 2 aromatic heterocycles. The van der Waals surface area contributed by atoms with E-state index in [2.05, 4.69) is 5.10 Å². The van der Waals surface area contributed by atoms with Crippen LogP contribution in [0, 0.1) is 12.7 Å². The van der Waals surface area contributed by atoms with Gasteiger partial charge in [-0.05, 0) is 60.5 Å². The third kappa shape index (κ3) is 3.47. The highest BCUT2D eigenvalue weighted by molar-refractivity contribution is 5.84. The minimum absolute atomic E-state index is 0.281. The normalized spacial score (nSPS) is 14.1. The quantitative estimate of drug-likeness (QED) is 0.346. The molecule has 33 heavy (non-hydrogen) atoms. The number of aromatic nitrogens is 3. The number of aliphatic hydroxyl groups is 1. The summed E-state index contributed by atoms with van der Waals surface area (Å²) in [7, 11) is 0. The van der Waals surface area contributed by atoms with E-state index in [9.17, 15) is 22.7 Å². The van der Waals surface area contributed by atoms with Crippen molar-refractivity contribution in [3.05, 3.63) is 96.1 Å². The second-order valence-corrected chi connectivity index (χ2v) is 8.12. The van der Waals surface area contributed by atoms with E-state index >= 15 is 0 Å². The fourth-order valence-corrected chi connectivity index (χ4v) is 4.23. The van der Waals surface area contributed by atoms with E-state index in [1.54, 1.807) is 18.3 Å². The Morgan fingerprint density at radius 1 is 0.939 bits per heavy atom. The Bertz CT molecular complexity index is 1470. The van der Waals surface area contributed by atoms with Gasteiger partial charge < -0.3 is 9.67 Å². The lowest BCUT2D eigenvalue weighted by atomic mass is 9.91. The molecule has 0 aliphatic heterocycles. The summed E-state index contributed by atoms with van der Waals surface area (Å²) in [5.74, 6) is -0.402. The van der Waals surface area contributed by atoms with Gasteiger partial charge in [0.2, 0.25) is 5.60 Å². The van der Waals surface area contributed by atoms with Crippen molar-refractivity contribution in [1.29, 1.82) is 0 Å². The highest BCUT2D eigenvalue weighted by Crippen LogP contribution is 2.42. The minimum atomic E-state index is -4.92. The Labute approximate surface area is 186 Å². The zero-order valence-corrected chi connectivity index (χ0v) is 17.5. The van der Waals surface area contributed by atoms with E-state index in [1.807, 2.05) is 19.1 Å². The Morgan fingerprint density at radius 2 is 1.67 bits per heavy atom. The Morgan fingerprint density at radius 3 is 2.39 bits per heavy atom. The van der Waals surface area contributed by atoms with Gasteiger partial charge in [0.1, 0.15) is 5.82 Å². The zero-order valence-electron chi connectivity index (χ0n) is 17.5. The van der Waals surface area contributed by atoms with Gasteiger partial charge in [0.05, 0.1) is 23.9 Å². The van der Waals surface area contributed by atoms with Crippen LogP contribution < -0.4 is 0 Å². The SMILES string of the molecule is Cc1cn(CC(O)(c2ccc3c(cnn3-c3ccc(F)cc3)c2)C(F)(F)F)c2ccccc12. The lowest BCUT2D eigenvalue weighted by Gasteiger charge is -2.32. The van der Waals surface area contributed by atoms with Gasteiger partial charge in [-0.1, -0.05) is 24.3 Å². The van der Waals surface area contributed by atoms with Crippen LogP contribution in [-0.4, -0.2) is 25.6 Å². The molecule has 0 saturated heterocycles. The molecule has 0 radical (unpaired) electrons. The van der Waals surface area contributed by atoms with Crippen LogP contribution in [0.1, 0.15) is 11.1 Å². The number of hydrogen-bond donors (Lipinski definition) is 1. The molecule has 0 fully saturated rings. The summed E-state index contributed by atoms with van der Waals surface area (Å²) in [6.45, 7) is 1.13. The van der Waals surface area contributed by atoms with Gasteiger partial charge in [-0.15, -0.1) is 0 Å². The van der Waals surface area contributed by atoms with Crippen molar-refractivity contribution in [1.82, 2.24) is 14.3 Å². The first kappa shape index (κ1) is 21.2. The first-order valence-electron chi connectivity index (χ1n) is 10.3. The van der Waals surface area contributed by atoms with Crippen molar-refractivity contribution in [2.24, 2.45) is 0 Å². The van der Waals surface area contributed by atoms with Gasteiger partial charge in [0.25, 0.3) is 0 Å². The molecule has 1 N–H and O–H groups in total. The monoisotopic (exact) mass is 453 g/mol. The number of para-hydroxylation sites is 1. The second-order valence-electron chi connectivity index (χ2n) is 8.12. The Hall–Kier alpha value is -3.65. The Balaban J connectivity index is 1.60. The summed E-state index contributed by atoms with van der Waals surface area (Å²) < 4.78 is 59.0. The van der Waals surface area contributed by atoms with Gasteiger partial charge in [-0.2, -0.15) is 18.3 Å². The molecule has 0 saturated carbocycles. The topological polar surface area (TPSA) is 43.0 Å². The molecule has 3 aromatic carbocycles. The molecule has 0 amide bonds. The van der Waals surface area contributed by atoms with Crippen molar-refractivity contribution >= 4 is 21.8 Å². The van der Waals surface area contributed by atoms with E-state index in [1.165, 1.54) is 57.9 Å². The largest absolute Gasteiger partial charge is 0.423 e. The lowest BCUT2D eigenvalue weighted by molar-refractivity contribution is -0.271. The number of halogens is 4. The van der Waals surface area contributed by atoms with Crippen LogP contribution in [0.5, 0.6) is 0 Å². The fraction of sp³-hybridized carbons (Fsp3) is 0.160. The molecular weight excluding hydrogens is 434 g/mol. The third-order valence-electron chi connectivity index (χ3n) is 5.97. The van der Waals surface area contributed by atoms with Crippen molar-refractivity contribution in [2.75, 3.05) is 0 Å². The first-order chi connectivity index (χ1) is 15.7. The summed E-state index contributed by atoms with van der Waals surface area (Å²) in [6.07, 6.45) is -1.88. The summed E-state index contributed by atoms with van der Waals surface area (Å²) in [4.78, 5) is 0. The highest BCUT2D eigenvalue weighted by atomic mass is 19.4. The Kier molecular flexibility index (Phi) is 4.79. The van der Waals surface area contributed by atoms with Crippen LogP contribution in [0.25, 0.3) is 27.5 Å². The van der Waals surface area contributed by atoms with Crippen molar-refractivity contribution in [2.45, 2.75) is 25.2 Å². The van der Waals surface area contributed by atoms with Crippen LogP contribution >= 0.6 is 0 Å². The molecule has 1 atom stereocenters. The van der Waals surface area contributed by atoms with Gasteiger partial charge in [0, 0.05) is 22.5 Å². The van der Waals surface area contributed by atoms with Gasteiger partial charge >= 0.3 is 6.18 Å². The maximum atomic E-state index is 14.3. The van der Waals surface area contributed by atoms with E-state index in [4.69, 9.17) is 0 Å². The molecule has 5 rings (SSSR count). The molecule has 1 unspecified atom stereocenters. The van der Waals surface area contributed by atoms with Gasteiger partial charge in [0.15, 0.2) is 0 Å². The molecule has 5 aromatic rings. The van der Waals surface area contributed by atoms with Crippen molar-refractivity contribution in [3.8, 4) is 5.69 Å². The number of aryl methyl sites for hydroxylation is 1. The molecule has 0 spiro atoms. The van der Waals surface area contributed by atoms with Crippen LogP contribution in [-0.2, 0) is 12.1 Å². The summed E-state index contributed by atoms with van der Waals surface area (Å²) >= 11 is 0. The molecule has 0 bridgehead atoms. The smallest absolute Gasteiger partial charge is 0.375 e. The number of fused-ring (bicyclic) bond motifs is 2. The molecule has 4 nitrogen and oxygen atoms in total. The average molecular weight is 453 g/mol. The maximum Gasteiger partial charge on any atom is 0.423 e. The number of benzene rings is 3. The predicted octanol–water partition coefficient (Wildman–Crippen LogP) is 5.88. The van der Waals surface area contributed by atoms with Crippen LogP contribution in [0.4, 0.5) is 17.6 Å². The predicted molar refractivity (Wildman–Crippen MR) is 118 cm³/mol. The number of rotatable bonds is 4. The number of hydrogen-bond acceptors (Lipinski definition) is 2. The molecule has 0 aliphatic rings. The number of alkyl halides is 3. The van der Waals surface area contributed by atoms with Gasteiger partial charge in [-0.3, -0.25) is 0 Å². The summed E-state index contributed by atoms with van der Waals surface area (Å²) in [6, 6.07) is 16.8. The standard InChI is InChI=1S/C25H19F4N3O/c1-16-14-31(23-5-3-2-4-21(16)23)15-24(33,25(27,28)29)18-6-11-22-17(12-18)13-30-32(22)20-9-7-19(26)8-10-20/h2-14,33H,15H2,1H3. The number of nitrogens with zero attached hydrogens (tertiary/aromatic N) is 3. The van der Waals surface area contributed by atoms with E-state index in [0.717, 1.165) is 10.9 Å². The molecule has 8 heteroatoms. The van der Waals surface area contributed by atoms with E-state index < -0.39 is 24.1 Å². The fourth-order valence-electron chi connectivity index (χ4n) is 4.23. The van der Waals surface area contributed by atoms with Crippen LogP contribution in [0.3, 0.4) is 0 Å². The van der Waals surface area contributed by atoms with Crippen molar-refractivity contribution < 1.29 is 22.7 Å². The molecular formula is C25H19F4N3O. The summed E-state index contributed by atoms with van der Waals surface area (Å²) in [5.41, 5.74) is -0.852. The molecule has 0 aliphatic carbocycles. The zero-order chi connectivity index (χ0) is 23.4. The van der Waals surface area contributed by atoms with E-state index in [0.29, 0.717) is 22.1 Å². The average Bonchev–Trinajstić information content (AvgIpc) is 3.34. The van der Waals surface area contributed by atoms with Crippen LogP contribution in [0.2, 0.25) is 0 Å². The summed E-state index contributed by atoms with van der Waals surface area (Å²) in [5, 5.41) is 16.5. The molecule has 168 valence electrons. The maximum absolute atomic E-state index is 14.3. The lowest BCUT2D eigenvalue weighted by Crippen LogP contribution is -2.45. The first-order valence-corrected chi connectivity index (χ1v) is 10.3. The highest BCUT2D eigenvalue weighted by Gasteiger charge is 2.55. The van der Waals surface area contributed by atoms with Gasteiger partial charge in [-0.25, -0.2) is 9.07 Å². The second kappa shape index (κ2) is 7.45. The van der Waals surface area contributed by atoms with Crippen molar-refractivity contribution in [3.63, 3.8) is 0 Å². The van der Waals surface area contributed by atoms with Crippen LogP contribution in [0.15, 0.2) is 79.1 Å². The van der Waals surface area contributed by atoms with E-state index in [-0.39, 0.29) is 5.56 Å². The molecule has 2 heterocycles. The third-order valence-corrected chi connectivity index (χ3v) is 5.97.